The Morgan fingerprint density at radius 2 is 1.81 bits per heavy atom. The van der Waals surface area contributed by atoms with E-state index in [0.29, 0.717) is 0 Å². The fourth-order valence-electron chi connectivity index (χ4n) is 1.52. The predicted octanol–water partition coefficient (Wildman–Crippen LogP) is 0.212. The third-order valence-corrected chi connectivity index (χ3v) is 4.39. The molecule has 16 heavy (non-hydrogen) atoms. The summed E-state index contributed by atoms with van der Waals surface area (Å²) in [4.78, 5) is 10.5. The maximum absolute atomic E-state index is 11.9. The fraction of sp³-hybridized carbons (Fsp3) is 0.300. The summed E-state index contributed by atoms with van der Waals surface area (Å²) in [7, 11) is -3.50. The lowest BCUT2D eigenvalue weighted by molar-refractivity contribution is -0.113. The molecule has 1 N–H and O–H groups in total. The number of aldehydes is 1. The third-order valence-electron chi connectivity index (χ3n) is 2.54. The largest absolute Gasteiger partial charge is 0.508 e. The zero-order valence-corrected chi connectivity index (χ0v) is 9.22. The van der Waals surface area contributed by atoms with E-state index in [2.05, 4.69) is 0 Å². The van der Waals surface area contributed by atoms with Crippen molar-refractivity contribution >= 4 is 16.3 Å². The number of hydrogen-bond donors (Lipinski definition) is 1. The number of phenolic OH excluding ortho intramolecular Hbond substituents is 1. The predicted molar refractivity (Wildman–Crippen MR) is 56.4 cm³/mol. The van der Waals surface area contributed by atoms with Gasteiger partial charge in [-0.05, 0) is 24.3 Å². The Bertz CT molecular complexity index is 488. The summed E-state index contributed by atoms with van der Waals surface area (Å²) >= 11 is 0. The molecule has 0 unspecified atom stereocenters. The second-order valence-electron chi connectivity index (χ2n) is 3.71. The molecule has 0 atom stereocenters. The molecule has 1 heterocycles. The molecule has 0 saturated carbocycles. The van der Waals surface area contributed by atoms with Gasteiger partial charge in [-0.1, -0.05) is 0 Å². The van der Waals surface area contributed by atoms with Gasteiger partial charge in [-0.2, -0.15) is 4.31 Å². The second-order valence-corrected chi connectivity index (χ2v) is 5.65. The van der Waals surface area contributed by atoms with Crippen LogP contribution in [0.2, 0.25) is 0 Å². The molecule has 0 radical (unpaired) electrons. The zero-order valence-electron chi connectivity index (χ0n) is 8.41. The fourth-order valence-corrected chi connectivity index (χ4v) is 3.07. The van der Waals surface area contributed by atoms with E-state index >= 15 is 0 Å². The van der Waals surface area contributed by atoms with Crippen molar-refractivity contribution in [2.75, 3.05) is 13.1 Å². The minimum atomic E-state index is -3.50. The Labute approximate surface area is 93.4 Å². The molecule has 1 aromatic rings. The topological polar surface area (TPSA) is 74.7 Å². The Morgan fingerprint density at radius 1 is 1.25 bits per heavy atom. The highest BCUT2D eigenvalue weighted by Crippen LogP contribution is 2.24. The smallest absolute Gasteiger partial charge is 0.243 e. The van der Waals surface area contributed by atoms with E-state index in [1.807, 2.05) is 0 Å². The summed E-state index contributed by atoms with van der Waals surface area (Å²) in [6, 6.07) is 5.34. The normalized spacial score (nSPS) is 18.0. The van der Waals surface area contributed by atoms with Crippen LogP contribution in [-0.2, 0) is 14.8 Å². The minimum Gasteiger partial charge on any atom is -0.508 e. The maximum Gasteiger partial charge on any atom is 0.243 e. The molecule has 0 bridgehead atoms. The van der Waals surface area contributed by atoms with E-state index in [4.69, 9.17) is 5.11 Å². The molecular formula is C10H11NO4S. The number of benzene rings is 1. The Morgan fingerprint density at radius 3 is 2.31 bits per heavy atom. The molecule has 0 amide bonds. The SMILES string of the molecule is O=CC1CN(S(=O)(=O)c2ccc(O)cc2)C1. The lowest BCUT2D eigenvalue weighted by Gasteiger charge is -2.34. The molecule has 1 aromatic carbocycles. The number of aromatic hydroxyl groups is 1. The van der Waals surface area contributed by atoms with Gasteiger partial charge in [-0.15, -0.1) is 0 Å². The van der Waals surface area contributed by atoms with Crippen molar-refractivity contribution < 1.29 is 18.3 Å². The number of sulfonamides is 1. The van der Waals surface area contributed by atoms with Crippen LogP contribution < -0.4 is 0 Å². The van der Waals surface area contributed by atoms with Crippen molar-refractivity contribution in [1.29, 1.82) is 0 Å². The number of phenols is 1. The lowest BCUT2D eigenvalue weighted by atomic mass is 10.1. The van der Waals surface area contributed by atoms with Gasteiger partial charge < -0.3 is 9.90 Å². The first-order valence-corrected chi connectivity index (χ1v) is 6.22. The van der Waals surface area contributed by atoms with Crippen molar-refractivity contribution in [2.45, 2.75) is 4.90 Å². The van der Waals surface area contributed by atoms with Crippen molar-refractivity contribution in [3.05, 3.63) is 24.3 Å². The molecule has 2 rings (SSSR count). The molecule has 1 aliphatic rings. The van der Waals surface area contributed by atoms with E-state index < -0.39 is 10.0 Å². The molecule has 5 nitrogen and oxygen atoms in total. The summed E-state index contributed by atoms with van der Waals surface area (Å²) in [5, 5.41) is 9.06. The molecule has 1 fully saturated rings. The van der Waals surface area contributed by atoms with Crippen molar-refractivity contribution in [1.82, 2.24) is 4.31 Å². The number of carbonyl (C=O) groups excluding carboxylic acids is 1. The van der Waals surface area contributed by atoms with E-state index in [9.17, 15) is 13.2 Å². The number of nitrogens with zero attached hydrogens (tertiary/aromatic N) is 1. The summed E-state index contributed by atoms with van der Waals surface area (Å²) < 4.78 is 25.1. The summed E-state index contributed by atoms with van der Waals surface area (Å²) in [5.41, 5.74) is 0. The van der Waals surface area contributed by atoms with Crippen LogP contribution in [-0.4, -0.2) is 37.2 Å². The first-order valence-electron chi connectivity index (χ1n) is 4.78. The average molecular weight is 241 g/mol. The van der Waals surface area contributed by atoms with Crippen LogP contribution in [0, 0.1) is 5.92 Å². The highest BCUT2D eigenvalue weighted by atomic mass is 32.2. The molecule has 1 aliphatic heterocycles. The molecule has 0 aromatic heterocycles. The van der Waals surface area contributed by atoms with Crippen LogP contribution in [0.25, 0.3) is 0 Å². The number of carbonyl (C=O) groups is 1. The van der Waals surface area contributed by atoms with Crippen LogP contribution in [0.3, 0.4) is 0 Å². The van der Waals surface area contributed by atoms with E-state index in [1.54, 1.807) is 0 Å². The number of rotatable bonds is 3. The first-order chi connectivity index (χ1) is 7.54. The van der Waals surface area contributed by atoms with Gasteiger partial charge in [0.2, 0.25) is 10.0 Å². The maximum atomic E-state index is 11.9. The van der Waals surface area contributed by atoms with Gasteiger partial charge in [0.25, 0.3) is 0 Å². The Hall–Kier alpha value is -1.40. The van der Waals surface area contributed by atoms with E-state index in [0.717, 1.165) is 6.29 Å². The van der Waals surface area contributed by atoms with Gasteiger partial charge >= 0.3 is 0 Å². The minimum absolute atomic E-state index is 0.0216. The van der Waals surface area contributed by atoms with Crippen LogP contribution in [0.15, 0.2) is 29.2 Å². The van der Waals surface area contributed by atoms with Crippen LogP contribution >= 0.6 is 0 Å². The lowest BCUT2D eigenvalue weighted by Crippen LogP contribution is -2.50. The standard InChI is InChI=1S/C10H11NO4S/c12-7-8-5-11(6-8)16(14,15)10-3-1-9(13)2-4-10/h1-4,7-8,13H,5-6H2. The van der Waals surface area contributed by atoms with Gasteiger partial charge in [0.15, 0.2) is 0 Å². The molecule has 0 aliphatic carbocycles. The first kappa shape index (κ1) is 11.1. The average Bonchev–Trinajstić information content (AvgIpc) is 2.16. The quantitative estimate of drug-likeness (QED) is 0.768. The molecule has 1 saturated heterocycles. The molecule has 6 heteroatoms. The second kappa shape index (κ2) is 3.88. The third kappa shape index (κ3) is 1.81. The Balaban J connectivity index is 2.20. The summed E-state index contributed by atoms with van der Waals surface area (Å²) in [6.45, 7) is 0.486. The number of hydrogen-bond acceptors (Lipinski definition) is 4. The summed E-state index contributed by atoms with van der Waals surface area (Å²) in [5.74, 6) is -0.166. The van der Waals surface area contributed by atoms with Gasteiger partial charge in [-0.3, -0.25) is 0 Å². The van der Waals surface area contributed by atoms with Crippen LogP contribution in [0.5, 0.6) is 5.75 Å². The summed E-state index contributed by atoms with van der Waals surface area (Å²) in [6.07, 6.45) is 0.767. The molecular weight excluding hydrogens is 230 g/mol. The van der Waals surface area contributed by atoms with Crippen LogP contribution in [0.1, 0.15) is 0 Å². The molecule has 0 spiro atoms. The Kier molecular flexibility index (Phi) is 2.69. The van der Waals surface area contributed by atoms with E-state index in [1.165, 1.54) is 28.6 Å². The van der Waals surface area contributed by atoms with Gasteiger partial charge in [0, 0.05) is 19.0 Å². The molecule has 86 valence electrons. The van der Waals surface area contributed by atoms with Crippen molar-refractivity contribution in [3.8, 4) is 5.75 Å². The van der Waals surface area contributed by atoms with Crippen molar-refractivity contribution in [3.63, 3.8) is 0 Å². The monoisotopic (exact) mass is 241 g/mol. The van der Waals surface area contributed by atoms with Gasteiger partial charge in [-0.25, -0.2) is 8.42 Å². The van der Waals surface area contributed by atoms with Gasteiger partial charge in [0.05, 0.1) is 4.90 Å². The highest BCUT2D eigenvalue weighted by Gasteiger charge is 2.36. The van der Waals surface area contributed by atoms with E-state index in [-0.39, 0.29) is 29.7 Å². The zero-order chi connectivity index (χ0) is 11.8. The van der Waals surface area contributed by atoms with Gasteiger partial charge in [0.1, 0.15) is 12.0 Å². The van der Waals surface area contributed by atoms with Crippen LogP contribution in [0.4, 0.5) is 0 Å². The highest BCUT2D eigenvalue weighted by molar-refractivity contribution is 7.89. The van der Waals surface area contributed by atoms with Crippen molar-refractivity contribution in [2.24, 2.45) is 5.92 Å².